The molecule has 0 amide bonds. The van der Waals surface area contributed by atoms with E-state index < -0.39 is 0 Å². The number of allylic oxidation sites excluding steroid dienone is 2. The molecule has 0 spiro atoms. The molecule has 2 aliphatic rings. The predicted molar refractivity (Wildman–Crippen MR) is 138 cm³/mol. The van der Waals surface area contributed by atoms with E-state index in [-0.39, 0.29) is 12.1 Å². The molecule has 1 saturated heterocycles. The van der Waals surface area contributed by atoms with E-state index in [1.165, 1.54) is 18.9 Å². The van der Waals surface area contributed by atoms with Gasteiger partial charge in [-0.3, -0.25) is 0 Å². The normalized spacial score (nSPS) is 16.8. The van der Waals surface area contributed by atoms with Crippen LogP contribution in [0.15, 0.2) is 63.4 Å². The maximum absolute atomic E-state index is 12.2. The number of piperidine rings is 1. The maximum atomic E-state index is 12.2. The van der Waals surface area contributed by atoms with Gasteiger partial charge in [-0.1, -0.05) is 23.9 Å². The number of anilines is 3. The molecule has 5 rings (SSSR count). The zero-order valence-electron chi connectivity index (χ0n) is 18.9. The monoisotopic (exact) mass is 494 g/mol. The van der Waals surface area contributed by atoms with E-state index >= 15 is 0 Å². The van der Waals surface area contributed by atoms with Crippen molar-refractivity contribution in [3.05, 3.63) is 58.3 Å². The van der Waals surface area contributed by atoms with Gasteiger partial charge in [-0.15, -0.1) is 11.3 Å². The molecule has 2 N–H and O–H groups in total. The molecule has 3 aromatic rings. The second-order valence-electron chi connectivity index (χ2n) is 8.23. The summed E-state index contributed by atoms with van der Waals surface area (Å²) in [5, 5.41) is 15.9. The van der Waals surface area contributed by atoms with Gasteiger partial charge in [0.05, 0.1) is 29.0 Å². The highest BCUT2D eigenvalue weighted by molar-refractivity contribution is 8.03. The lowest BCUT2D eigenvalue weighted by atomic mass is 10.1. The fourth-order valence-electron chi connectivity index (χ4n) is 4.12. The Kier molecular flexibility index (Phi) is 6.85. The summed E-state index contributed by atoms with van der Waals surface area (Å²) in [4.78, 5) is 24.9. The summed E-state index contributed by atoms with van der Waals surface area (Å²) >= 11 is 3.07. The highest BCUT2D eigenvalue weighted by Gasteiger charge is 2.21. The van der Waals surface area contributed by atoms with Crippen molar-refractivity contribution >= 4 is 56.6 Å². The molecular formula is C25H26N4O3S2. The van der Waals surface area contributed by atoms with Crippen LogP contribution in [0.25, 0.3) is 10.2 Å². The number of carbonyl (C=O) groups excluding carboxylic acids is 1. The lowest BCUT2D eigenvalue weighted by Gasteiger charge is -2.31. The average molecular weight is 495 g/mol. The Labute approximate surface area is 206 Å². The van der Waals surface area contributed by atoms with Gasteiger partial charge in [0.25, 0.3) is 0 Å². The van der Waals surface area contributed by atoms with Gasteiger partial charge in [0.15, 0.2) is 0 Å². The Hall–Kier alpha value is -2.88. The number of aromatic nitrogens is 2. The molecule has 3 heterocycles. The highest BCUT2D eigenvalue weighted by Crippen LogP contribution is 2.39. The van der Waals surface area contributed by atoms with Gasteiger partial charge in [0.1, 0.15) is 5.03 Å². The molecule has 2 aromatic heterocycles. The molecule has 9 heteroatoms. The van der Waals surface area contributed by atoms with Crippen molar-refractivity contribution < 1.29 is 14.6 Å². The van der Waals surface area contributed by atoms with Crippen molar-refractivity contribution in [3.8, 4) is 0 Å². The zero-order valence-corrected chi connectivity index (χ0v) is 20.5. The quantitative estimate of drug-likeness (QED) is 0.354. The number of rotatable bonds is 6. The standard InChI is InChI=1S/C25H26N4O3S2/c1-32-24(31)19-4-2-3-5-21(19)34-23-22-20(12-15-33-22)27-25(28-23)26-16-6-8-17(9-7-16)29-13-10-18(30)11-14-29/h4-9,12,15,18,30H,2-3,10-11,13-14H2,1H3,(H,26,27,28). The number of methoxy groups -OCH3 is 1. The number of nitrogens with zero attached hydrogens (tertiary/aromatic N) is 3. The van der Waals surface area contributed by atoms with Crippen LogP contribution in [0.2, 0.25) is 0 Å². The molecule has 0 atom stereocenters. The Morgan fingerprint density at radius 1 is 1.15 bits per heavy atom. The number of thioether (sulfide) groups is 1. The van der Waals surface area contributed by atoms with Gasteiger partial charge in [-0.25, -0.2) is 14.8 Å². The lowest BCUT2D eigenvalue weighted by Crippen LogP contribution is -2.35. The number of nitrogens with one attached hydrogen (secondary N) is 1. The van der Waals surface area contributed by atoms with Gasteiger partial charge < -0.3 is 20.1 Å². The van der Waals surface area contributed by atoms with Crippen LogP contribution >= 0.6 is 23.1 Å². The van der Waals surface area contributed by atoms with Crippen molar-refractivity contribution in [2.24, 2.45) is 0 Å². The summed E-state index contributed by atoms with van der Waals surface area (Å²) < 4.78 is 5.97. The van der Waals surface area contributed by atoms with Crippen LogP contribution in [0, 0.1) is 0 Å². The fourth-order valence-corrected chi connectivity index (χ4v) is 6.12. The molecule has 0 saturated carbocycles. The number of thiophene rings is 1. The summed E-state index contributed by atoms with van der Waals surface area (Å²) in [6, 6.07) is 10.2. The van der Waals surface area contributed by atoms with E-state index in [2.05, 4.69) is 33.4 Å². The molecule has 1 aromatic carbocycles. The maximum Gasteiger partial charge on any atom is 0.338 e. The van der Waals surface area contributed by atoms with E-state index in [4.69, 9.17) is 9.72 Å². The summed E-state index contributed by atoms with van der Waals surface area (Å²) in [7, 11) is 1.41. The number of benzene rings is 1. The Morgan fingerprint density at radius 3 is 2.68 bits per heavy atom. The van der Waals surface area contributed by atoms with Crippen molar-refractivity contribution in [1.82, 2.24) is 9.97 Å². The van der Waals surface area contributed by atoms with Crippen LogP contribution in [-0.2, 0) is 9.53 Å². The smallest absolute Gasteiger partial charge is 0.338 e. The number of carbonyl (C=O) groups is 1. The first-order valence-electron chi connectivity index (χ1n) is 11.3. The first kappa shape index (κ1) is 22.9. The third-order valence-electron chi connectivity index (χ3n) is 5.95. The lowest BCUT2D eigenvalue weighted by molar-refractivity contribution is -0.135. The Balaban J connectivity index is 1.36. The van der Waals surface area contributed by atoms with Crippen LogP contribution in [0.4, 0.5) is 17.3 Å². The summed E-state index contributed by atoms with van der Waals surface area (Å²) in [5.41, 5.74) is 3.51. The summed E-state index contributed by atoms with van der Waals surface area (Å²) in [6.45, 7) is 1.73. The first-order chi connectivity index (χ1) is 16.6. The third kappa shape index (κ3) is 4.96. The average Bonchev–Trinajstić information content (AvgIpc) is 3.34. The number of aliphatic hydroxyl groups is 1. The van der Waals surface area contributed by atoms with Crippen LogP contribution < -0.4 is 10.2 Å². The minimum Gasteiger partial charge on any atom is -0.465 e. The van der Waals surface area contributed by atoms with E-state index in [1.807, 2.05) is 29.7 Å². The number of ether oxygens (including phenoxy) is 1. The third-order valence-corrected chi connectivity index (χ3v) is 8.08. The van der Waals surface area contributed by atoms with E-state index in [9.17, 15) is 9.90 Å². The SMILES string of the molecule is COC(=O)C1=CCCC=C1Sc1nc(Nc2ccc(N3CCC(O)CC3)cc2)nc2ccsc12. The summed E-state index contributed by atoms with van der Waals surface area (Å²) in [5.74, 6) is 0.193. The van der Waals surface area contributed by atoms with Crippen molar-refractivity contribution in [1.29, 1.82) is 0 Å². The van der Waals surface area contributed by atoms with E-state index in [0.717, 1.165) is 70.3 Å². The minimum absolute atomic E-state index is 0.183. The van der Waals surface area contributed by atoms with Gasteiger partial charge in [-0.05, 0) is 61.4 Å². The van der Waals surface area contributed by atoms with Gasteiger partial charge >= 0.3 is 5.97 Å². The second-order valence-corrected chi connectivity index (χ2v) is 10.2. The Bertz CT molecular complexity index is 1240. The second kappa shape index (κ2) is 10.2. The van der Waals surface area contributed by atoms with Crippen molar-refractivity contribution in [2.45, 2.75) is 36.8 Å². The summed E-state index contributed by atoms with van der Waals surface area (Å²) in [6.07, 6.45) is 7.14. The van der Waals surface area contributed by atoms with Crippen LogP contribution in [-0.4, -0.2) is 47.3 Å². The number of esters is 1. The van der Waals surface area contributed by atoms with Crippen molar-refractivity contribution in [3.63, 3.8) is 0 Å². The van der Waals surface area contributed by atoms with Gasteiger partial charge in [0.2, 0.25) is 5.95 Å². The minimum atomic E-state index is -0.323. The largest absolute Gasteiger partial charge is 0.465 e. The molecule has 1 aliphatic carbocycles. The van der Waals surface area contributed by atoms with Gasteiger partial charge in [-0.2, -0.15) is 0 Å². The molecule has 1 fully saturated rings. The van der Waals surface area contributed by atoms with Crippen LogP contribution in [0.5, 0.6) is 0 Å². The molecule has 0 radical (unpaired) electrons. The number of fused-ring (bicyclic) bond motifs is 1. The highest BCUT2D eigenvalue weighted by atomic mass is 32.2. The van der Waals surface area contributed by atoms with Crippen LogP contribution in [0.1, 0.15) is 25.7 Å². The molecule has 0 bridgehead atoms. The number of hydrogen-bond donors (Lipinski definition) is 2. The molecular weight excluding hydrogens is 468 g/mol. The molecule has 34 heavy (non-hydrogen) atoms. The first-order valence-corrected chi connectivity index (χ1v) is 13.0. The Morgan fingerprint density at radius 2 is 1.91 bits per heavy atom. The number of aliphatic hydroxyl groups excluding tert-OH is 1. The molecule has 176 valence electrons. The zero-order chi connectivity index (χ0) is 23.5. The van der Waals surface area contributed by atoms with Crippen LogP contribution in [0.3, 0.4) is 0 Å². The van der Waals surface area contributed by atoms with Gasteiger partial charge in [0, 0.05) is 29.4 Å². The molecule has 0 unspecified atom stereocenters. The number of hydrogen-bond acceptors (Lipinski definition) is 9. The topological polar surface area (TPSA) is 87.6 Å². The molecule has 1 aliphatic heterocycles. The fraction of sp³-hybridized carbons (Fsp3) is 0.320. The van der Waals surface area contributed by atoms with Crippen molar-refractivity contribution in [2.75, 3.05) is 30.4 Å². The predicted octanol–water partition coefficient (Wildman–Crippen LogP) is 5.27. The van der Waals surface area contributed by atoms with E-state index in [1.54, 1.807) is 11.3 Å². The van der Waals surface area contributed by atoms with E-state index in [0.29, 0.717) is 11.5 Å². The molecule has 7 nitrogen and oxygen atoms in total.